The van der Waals surface area contributed by atoms with Crippen LogP contribution in [-0.4, -0.2) is 46.4 Å². The van der Waals surface area contributed by atoms with Crippen LogP contribution in [0.2, 0.25) is 5.02 Å². The number of methoxy groups -OCH3 is 1. The van der Waals surface area contributed by atoms with Crippen molar-refractivity contribution in [2.75, 3.05) is 13.7 Å². The molecule has 1 N–H and O–H groups in total. The molecule has 0 radical (unpaired) electrons. The standard InChI is InChI=1S/C28H27ClFN5O4/c1-18(26(36)38-3)16-35-19(2)34(17-20-4-6-21(29)7-5-20)27(33-28(35)37)32-22-8-11-24(12-9-22)39-25-13-10-23(14-30)31-15-25/h4-13,15,18H,2,14,16-17H2,1,3H3,(H,32,33,37)/t18-/m0/s1. The van der Waals surface area contributed by atoms with E-state index in [0.29, 0.717) is 40.3 Å². The third-order valence-corrected chi connectivity index (χ3v) is 6.15. The number of hydrogen-bond donors (Lipinski definition) is 1. The Hall–Kier alpha value is -4.44. The molecule has 1 fully saturated rings. The van der Waals surface area contributed by atoms with Crippen LogP contribution in [0.5, 0.6) is 11.5 Å². The number of rotatable bonds is 9. The number of amides is 2. The minimum absolute atomic E-state index is 0.0783. The molecule has 0 unspecified atom stereocenters. The van der Waals surface area contributed by atoms with Crippen LogP contribution in [0, 0.1) is 5.92 Å². The van der Waals surface area contributed by atoms with Crippen molar-refractivity contribution >= 4 is 35.2 Å². The van der Waals surface area contributed by atoms with E-state index in [0.717, 1.165) is 5.56 Å². The van der Waals surface area contributed by atoms with E-state index >= 15 is 0 Å². The van der Waals surface area contributed by atoms with E-state index in [9.17, 15) is 14.0 Å². The molecular weight excluding hydrogens is 525 g/mol. The van der Waals surface area contributed by atoms with Gasteiger partial charge in [-0.15, -0.1) is 0 Å². The molecular formula is C28H27ClFN5O4. The number of guanidine groups is 1. The van der Waals surface area contributed by atoms with Crippen LogP contribution < -0.4 is 10.1 Å². The first kappa shape index (κ1) is 27.6. The van der Waals surface area contributed by atoms with Crippen molar-refractivity contribution in [3.05, 3.63) is 95.5 Å². The van der Waals surface area contributed by atoms with E-state index in [1.165, 1.54) is 18.2 Å². The summed E-state index contributed by atoms with van der Waals surface area (Å²) in [5, 5.41) is 3.41. The number of halogens is 2. The SMILES string of the molecule is C=C1N(C[C@H](C)C(=O)OC)C(=O)NC(=Nc2ccc(Oc3ccc(CF)nc3)cc2)N1Cc1ccc(Cl)cc1. The highest BCUT2D eigenvalue weighted by Gasteiger charge is 2.34. The fourth-order valence-corrected chi connectivity index (χ4v) is 3.90. The third kappa shape index (κ3) is 6.91. The number of nitrogens with zero attached hydrogens (tertiary/aromatic N) is 4. The average molecular weight is 552 g/mol. The van der Waals surface area contributed by atoms with E-state index in [1.807, 2.05) is 12.1 Å². The van der Waals surface area contributed by atoms with Crippen LogP contribution in [-0.2, 0) is 22.8 Å². The topological polar surface area (TPSA) is 96.4 Å². The summed E-state index contributed by atoms with van der Waals surface area (Å²) in [5.74, 6) is 0.624. The average Bonchev–Trinajstić information content (AvgIpc) is 2.95. The van der Waals surface area contributed by atoms with Gasteiger partial charge in [0.15, 0.2) is 0 Å². The lowest BCUT2D eigenvalue weighted by atomic mass is 10.1. The maximum absolute atomic E-state index is 13.0. The van der Waals surface area contributed by atoms with Gasteiger partial charge >= 0.3 is 12.0 Å². The number of pyridine rings is 1. The Morgan fingerprint density at radius 2 is 1.79 bits per heavy atom. The monoisotopic (exact) mass is 551 g/mol. The van der Waals surface area contributed by atoms with Crippen LogP contribution in [0.4, 0.5) is 14.9 Å². The second kappa shape index (κ2) is 12.4. The first-order chi connectivity index (χ1) is 18.8. The van der Waals surface area contributed by atoms with Crippen molar-refractivity contribution in [1.29, 1.82) is 0 Å². The van der Waals surface area contributed by atoms with Crippen LogP contribution in [0.25, 0.3) is 0 Å². The van der Waals surface area contributed by atoms with Gasteiger partial charge in [-0.3, -0.25) is 24.9 Å². The quantitative estimate of drug-likeness (QED) is 0.338. The van der Waals surface area contributed by atoms with Gasteiger partial charge < -0.3 is 9.47 Å². The molecule has 11 heteroatoms. The highest BCUT2D eigenvalue weighted by atomic mass is 35.5. The van der Waals surface area contributed by atoms with Gasteiger partial charge in [-0.05, 0) is 54.1 Å². The van der Waals surface area contributed by atoms with Gasteiger partial charge in [-0.1, -0.05) is 37.2 Å². The summed E-state index contributed by atoms with van der Waals surface area (Å²) in [6.07, 6.45) is 1.45. The van der Waals surface area contributed by atoms with Crippen molar-refractivity contribution in [2.24, 2.45) is 10.9 Å². The van der Waals surface area contributed by atoms with Crippen LogP contribution in [0.15, 0.2) is 84.3 Å². The Kier molecular flexibility index (Phi) is 8.77. The molecule has 202 valence electrons. The minimum Gasteiger partial charge on any atom is -0.469 e. The normalized spacial score (nSPS) is 15.2. The number of nitrogens with one attached hydrogen (secondary N) is 1. The Balaban J connectivity index is 1.57. The van der Waals surface area contributed by atoms with Gasteiger partial charge in [0.1, 0.15) is 24.0 Å². The van der Waals surface area contributed by atoms with E-state index in [1.54, 1.807) is 60.4 Å². The molecule has 0 spiro atoms. The highest BCUT2D eigenvalue weighted by Crippen LogP contribution is 2.26. The maximum Gasteiger partial charge on any atom is 0.329 e. The summed E-state index contributed by atoms with van der Waals surface area (Å²) in [6.45, 7) is 5.57. The summed E-state index contributed by atoms with van der Waals surface area (Å²) in [7, 11) is 1.30. The molecule has 0 aliphatic carbocycles. The molecule has 2 aromatic carbocycles. The highest BCUT2D eigenvalue weighted by molar-refractivity contribution is 6.30. The Bertz CT molecular complexity index is 1360. The lowest BCUT2D eigenvalue weighted by Crippen LogP contribution is -2.58. The zero-order chi connectivity index (χ0) is 27.9. The molecule has 1 aliphatic rings. The van der Waals surface area contributed by atoms with Crippen molar-refractivity contribution in [1.82, 2.24) is 20.1 Å². The predicted molar refractivity (Wildman–Crippen MR) is 145 cm³/mol. The van der Waals surface area contributed by atoms with Gasteiger partial charge in [0.05, 0.1) is 37.2 Å². The molecule has 9 nitrogen and oxygen atoms in total. The number of alkyl halides is 1. The van der Waals surface area contributed by atoms with Crippen LogP contribution in [0.3, 0.4) is 0 Å². The largest absolute Gasteiger partial charge is 0.469 e. The zero-order valence-electron chi connectivity index (χ0n) is 21.4. The molecule has 39 heavy (non-hydrogen) atoms. The number of esters is 1. The fourth-order valence-electron chi connectivity index (χ4n) is 3.78. The lowest BCUT2D eigenvalue weighted by molar-refractivity contribution is -0.145. The first-order valence-electron chi connectivity index (χ1n) is 12.0. The Morgan fingerprint density at radius 3 is 2.41 bits per heavy atom. The first-order valence-corrected chi connectivity index (χ1v) is 12.4. The van der Waals surface area contributed by atoms with Gasteiger partial charge in [-0.2, -0.15) is 0 Å². The van der Waals surface area contributed by atoms with Crippen LogP contribution >= 0.6 is 11.6 Å². The lowest BCUT2D eigenvalue weighted by Gasteiger charge is -2.40. The number of carbonyl (C=O) groups excluding carboxylic acids is 2. The minimum atomic E-state index is -0.643. The number of benzene rings is 2. The van der Waals surface area contributed by atoms with E-state index in [2.05, 4.69) is 21.9 Å². The molecule has 4 rings (SSSR count). The summed E-state index contributed by atoms with van der Waals surface area (Å²) in [4.78, 5) is 36.8. The zero-order valence-corrected chi connectivity index (χ0v) is 22.2. The second-order valence-corrected chi connectivity index (χ2v) is 9.18. The molecule has 1 aliphatic heterocycles. The van der Waals surface area contributed by atoms with Gasteiger partial charge in [0.25, 0.3) is 0 Å². The predicted octanol–water partition coefficient (Wildman–Crippen LogP) is 5.79. The number of ether oxygens (including phenoxy) is 2. The summed E-state index contributed by atoms with van der Waals surface area (Å²) >= 11 is 6.05. The van der Waals surface area contributed by atoms with Gasteiger partial charge in [-0.25, -0.2) is 14.2 Å². The molecule has 3 aromatic rings. The van der Waals surface area contributed by atoms with Crippen molar-refractivity contribution in [3.63, 3.8) is 0 Å². The summed E-state index contributed by atoms with van der Waals surface area (Å²) in [6, 6.07) is 16.9. The Labute approximate surface area is 230 Å². The van der Waals surface area contributed by atoms with E-state index in [-0.39, 0.29) is 12.5 Å². The van der Waals surface area contributed by atoms with Crippen molar-refractivity contribution < 1.29 is 23.5 Å². The molecule has 1 atom stereocenters. The molecule has 1 saturated heterocycles. The summed E-state index contributed by atoms with van der Waals surface area (Å²) < 4.78 is 23.3. The molecule has 2 heterocycles. The number of aromatic nitrogens is 1. The van der Waals surface area contributed by atoms with Crippen molar-refractivity contribution in [2.45, 2.75) is 20.1 Å². The van der Waals surface area contributed by atoms with E-state index in [4.69, 9.17) is 21.1 Å². The Morgan fingerprint density at radius 1 is 1.10 bits per heavy atom. The number of hydrogen-bond acceptors (Lipinski definition) is 6. The third-order valence-electron chi connectivity index (χ3n) is 5.90. The molecule has 2 amide bonds. The molecule has 0 bridgehead atoms. The van der Waals surface area contributed by atoms with Crippen molar-refractivity contribution in [3.8, 4) is 11.5 Å². The maximum atomic E-state index is 13.0. The second-order valence-electron chi connectivity index (χ2n) is 8.74. The molecule has 0 saturated carbocycles. The van der Waals surface area contributed by atoms with Crippen LogP contribution in [0.1, 0.15) is 18.2 Å². The van der Waals surface area contributed by atoms with E-state index < -0.39 is 24.6 Å². The van der Waals surface area contributed by atoms with Gasteiger partial charge in [0, 0.05) is 11.6 Å². The smallest absolute Gasteiger partial charge is 0.329 e. The molecule has 1 aromatic heterocycles. The number of urea groups is 1. The number of aliphatic imine (C=N–C) groups is 1. The fraction of sp³-hybridized carbons (Fsp3) is 0.214. The summed E-state index contributed by atoms with van der Waals surface area (Å²) in [5.41, 5.74) is 1.78. The van der Waals surface area contributed by atoms with Gasteiger partial charge in [0.2, 0.25) is 5.96 Å². The number of carbonyl (C=O) groups is 2.